The number of benzene rings is 1. The molecule has 1 aromatic carbocycles. The van der Waals surface area contributed by atoms with Crippen molar-refractivity contribution in [3.8, 4) is 11.3 Å². The summed E-state index contributed by atoms with van der Waals surface area (Å²) in [6.07, 6.45) is 3.43. The predicted octanol–water partition coefficient (Wildman–Crippen LogP) is 2.58. The minimum absolute atomic E-state index is 0.0326. The predicted molar refractivity (Wildman–Crippen MR) is 169 cm³/mol. The van der Waals surface area contributed by atoms with E-state index >= 15 is 0 Å². The van der Waals surface area contributed by atoms with Gasteiger partial charge in [-0.3, -0.25) is 19.4 Å². The number of amides is 3. The lowest BCUT2D eigenvalue weighted by Crippen LogP contribution is -2.48. The van der Waals surface area contributed by atoms with Crippen LogP contribution in [0.25, 0.3) is 11.3 Å². The fraction of sp³-hybridized carbons (Fsp3) is 0.387. The van der Waals surface area contributed by atoms with E-state index in [2.05, 4.69) is 35.8 Å². The van der Waals surface area contributed by atoms with Crippen molar-refractivity contribution in [1.82, 2.24) is 25.6 Å². The summed E-state index contributed by atoms with van der Waals surface area (Å²) in [7, 11) is 0. The van der Waals surface area contributed by atoms with Crippen molar-refractivity contribution in [2.24, 2.45) is 0 Å². The van der Waals surface area contributed by atoms with Crippen molar-refractivity contribution >= 4 is 41.1 Å². The number of hydrogen-bond donors (Lipinski definition) is 5. The standard InChI is InChI=1S/C31H38N8O7/c1-31(2,3)46-30(44)38-21(8-9-25(40)41)28(42)35-16-19-4-6-20(7-5-19)22-18-34-27(32)26(36-22)29(43)37-23-17-33-11-10-24(23)39-12-14-45-15-13-39/h4-7,10-11,17-18,21H,8-9,12-16H2,1-3H3,(H2,32,34)(H,35,42)(H,37,43)(H,38,44)(H,40,41)/t21-/m1/s1. The lowest BCUT2D eigenvalue weighted by atomic mass is 10.1. The van der Waals surface area contributed by atoms with E-state index < -0.39 is 35.5 Å². The van der Waals surface area contributed by atoms with Gasteiger partial charge in [0, 0.05) is 37.8 Å². The molecule has 0 aliphatic carbocycles. The second-order valence-corrected chi connectivity index (χ2v) is 11.5. The first-order valence-electron chi connectivity index (χ1n) is 14.7. The Morgan fingerprint density at radius 3 is 2.48 bits per heavy atom. The van der Waals surface area contributed by atoms with Gasteiger partial charge in [-0.25, -0.2) is 14.8 Å². The molecule has 3 amide bonds. The molecule has 15 nitrogen and oxygen atoms in total. The van der Waals surface area contributed by atoms with E-state index in [0.29, 0.717) is 43.2 Å². The zero-order valence-electron chi connectivity index (χ0n) is 25.9. The Labute approximate surface area is 265 Å². The maximum atomic E-state index is 13.3. The number of aliphatic carboxylic acids is 1. The quantitative estimate of drug-likeness (QED) is 0.206. The van der Waals surface area contributed by atoms with Crippen molar-refractivity contribution in [1.29, 1.82) is 0 Å². The first-order valence-corrected chi connectivity index (χ1v) is 14.7. The summed E-state index contributed by atoms with van der Waals surface area (Å²) in [5.74, 6) is -2.22. The van der Waals surface area contributed by atoms with Gasteiger partial charge in [0.15, 0.2) is 11.5 Å². The van der Waals surface area contributed by atoms with Gasteiger partial charge in [0.05, 0.1) is 42.7 Å². The molecule has 2 aromatic heterocycles. The molecular formula is C31H38N8O7. The van der Waals surface area contributed by atoms with Gasteiger partial charge in [0.25, 0.3) is 5.91 Å². The number of nitrogens with one attached hydrogen (secondary N) is 3. The van der Waals surface area contributed by atoms with E-state index in [-0.39, 0.29) is 30.9 Å². The average Bonchev–Trinajstić information content (AvgIpc) is 3.02. The number of ether oxygens (including phenoxy) is 2. The van der Waals surface area contributed by atoms with Gasteiger partial charge in [-0.2, -0.15) is 0 Å². The van der Waals surface area contributed by atoms with Gasteiger partial charge in [-0.05, 0) is 38.8 Å². The summed E-state index contributed by atoms with van der Waals surface area (Å²) in [5, 5.41) is 17.1. The SMILES string of the molecule is CC(C)(C)OC(=O)N[C@H](CCC(=O)O)C(=O)NCc1ccc(-c2cnc(N)c(C(=O)Nc3cnccc3N3CCOCC3)n2)cc1. The van der Waals surface area contributed by atoms with Gasteiger partial charge >= 0.3 is 12.1 Å². The summed E-state index contributed by atoms with van der Waals surface area (Å²) in [6, 6.07) is 7.74. The third-order valence-electron chi connectivity index (χ3n) is 6.78. The highest BCUT2D eigenvalue weighted by atomic mass is 16.6. The number of aromatic nitrogens is 3. The number of carboxylic acid groups (broad SMARTS) is 1. The molecule has 0 bridgehead atoms. The van der Waals surface area contributed by atoms with Gasteiger partial charge < -0.3 is 41.2 Å². The molecule has 1 atom stereocenters. The minimum atomic E-state index is -1.10. The number of nitrogen functional groups attached to an aromatic ring is 1. The molecule has 15 heteroatoms. The Hall–Kier alpha value is -5.31. The molecular weight excluding hydrogens is 596 g/mol. The highest BCUT2D eigenvalue weighted by Crippen LogP contribution is 2.27. The largest absolute Gasteiger partial charge is 0.481 e. The molecule has 244 valence electrons. The number of carbonyl (C=O) groups is 4. The summed E-state index contributed by atoms with van der Waals surface area (Å²) in [6.45, 7) is 7.67. The molecule has 1 aliphatic heterocycles. The van der Waals surface area contributed by atoms with Crippen LogP contribution >= 0.6 is 0 Å². The topological polar surface area (TPSA) is 211 Å². The number of rotatable bonds is 11. The third kappa shape index (κ3) is 9.59. The zero-order valence-corrected chi connectivity index (χ0v) is 25.9. The van der Waals surface area contributed by atoms with E-state index in [1.165, 1.54) is 6.20 Å². The molecule has 6 N–H and O–H groups in total. The third-order valence-corrected chi connectivity index (χ3v) is 6.78. The van der Waals surface area contributed by atoms with Crippen LogP contribution in [0, 0.1) is 0 Å². The fourth-order valence-electron chi connectivity index (χ4n) is 4.54. The minimum Gasteiger partial charge on any atom is -0.481 e. The average molecular weight is 635 g/mol. The van der Waals surface area contributed by atoms with Crippen LogP contribution in [-0.2, 0) is 25.6 Å². The highest BCUT2D eigenvalue weighted by Gasteiger charge is 2.25. The molecule has 3 aromatic rings. The second kappa shape index (κ2) is 15.1. The number of nitrogens with two attached hydrogens (primary N) is 1. The van der Waals surface area contributed by atoms with E-state index in [4.69, 9.17) is 20.3 Å². The molecule has 4 rings (SSSR count). The number of morpholine rings is 1. The maximum Gasteiger partial charge on any atom is 0.408 e. The summed E-state index contributed by atoms with van der Waals surface area (Å²) in [4.78, 5) is 64.3. The van der Waals surface area contributed by atoms with Crippen molar-refractivity contribution in [3.63, 3.8) is 0 Å². The Kier molecular flexibility index (Phi) is 11.0. The van der Waals surface area contributed by atoms with Crippen molar-refractivity contribution < 1.29 is 33.8 Å². The molecule has 0 radical (unpaired) electrons. The van der Waals surface area contributed by atoms with Crippen molar-refractivity contribution in [2.75, 3.05) is 42.3 Å². The van der Waals surface area contributed by atoms with Crippen molar-refractivity contribution in [3.05, 3.63) is 60.2 Å². The zero-order chi connectivity index (χ0) is 33.3. The fourth-order valence-corrected chi connectivity index (χ4v) is 4.54. The summed E-state index contributed by atoms with van der Waals surface area (Å²) in [5.41, 5.74) is 8.31. The molecule has 46 heavy (non-hydrogen) atoms. The first kappa shape index (κ1) is 33.6. The van der Waals surface area contributed by atoms with Crippen LogP contribution in [0.3, 0.4) is 0 Å². The molecule has 0 spiro atoms. The van der Waals surface area contributed by atoms with Crippen LogP contribution in [0.5, 0.6) is 0 Å². The number of alkyl carbamates (subject to hydrolysis) is 1. The summed E-state index contributed by atoms with van der Waals surface area (Å²) < 4.78 is 10.6. The molecule has 0 saturated carbocycles. The maximum absolute atomic E-state index is 13.3. The molecule has 1 fully saturated rings. The molecule has 1 saturated heterocycles. The monoisotopic (exact) mass is 634 g/mol. The van der Waals surface area contributed by atoms with Crippen LogP contribution in [0.15, 0.2) is 48.9 Å². The van der Waals surface area contributed by atoms with Crippen LogP contribution < -0.4 is 26.6 Å². The smallest absolute Gasteiger partial charge is 0.408 e. The number of nitrogens with zero attached hydrogens (tertiary/aromatic N) is 4. The number of anilines is 3. The lowest BCUT2D eigenvalue weighted by molar-refractivity contribution is -0.137. The van der Waals surface area contributed by atoms with Crippen molar-refractivity contribution in [2.45, 2.75) is 51.8 Å². The number of hydrogen-bond acceptors (Lipinski definition) is 11. The number of carbonyl (C=O) groups excluding carboxylic acids is 3. The lowest BCUT2D eigenvalue weighted by Gasteiger charge is -2.30. The number of carboxylic acids is 1. The van der Waals surface area contributed by atoms with E-state index in [9.17, 15) is 19.2 Å². The van der Waals surface area contributed by atoms with Gasteiger partial charge in [-0.15, -0.1) is 0 Å². The normalized spacial score (nSPS) is 13.8. The van der Waals surface area contributed by atoms with Crippen LogP contribution in [0.4, 0.5) is 22.0 Å². The van der Waals surface area contributed by atoms with Crippen LogP contribution in [-0.4, -0.2) is 81.9 Å². The second-order valence-electron chi connectivity index (χ2n) is 11.5. The molecule has 3 heterocycles. The Balaban J connectivity index is 1.41. The van der Waals surface area contributed by atoms with E-state index in [1.807, 2.05) is 6.07 Å². The van der Waals surface area contributed by atoms with Gasteiger partial charge in [0.2, 0.25) is 5.91 Å². The van der Waals surface area contributed by atoms with Crippen LogP contribution in [0.2, 0.25) is 0 Å². The first-order chi connectivity index (χ1) is 21.9. The van der Waals surface area contributed by atoms with E-state index in [1.54, 1.807) is 57.4 Å². The molecule has 0 unspecified atom stereocenters. The highest BCUT2D eigenvalue weighted by molar-refractivity contribution is 6.07. The van der Waals surface area contributed by atoms with Crippen LogP contribution in [0.1, 0.15) is 49.7 Å². The molecule has 1 aliphatic rings. The van der Waals surface area contributed by atoms with Gasteiger partial charge in [0.1, 0.15) is 11.6 Å². The summed E-state index contributed by atoms with van der Waals surface area (Å²) >= 11 is 0. The van der Waals surface area contributed by atoms with Gasteiger partial charge in [-0.1, -0.05) is 24.3 Å². The Bertz CT molecular complexity index is 1550. The Morgan fingerprint density at radius 1 is 1.09 bits per heavy atom. The van der Waals surface area contributed by atoms with E-state index in [0.717, 1.165) is 11.3 Å². The number of pyridine rings is 1. The Morgan fingerprint density at radius 2 is 1.80 bits per heavy atom.